The molecule has 0 amide bonds. The van der Waals surface area contributed by atoms with Gasteiger partial charge >= 0.3 is 11.9 Å². The number of carbonyl (C=O) groups excluding carboxylic acids is 3. The average Bonchev–Trinajstić information content (AvgIpc) is 1.25. The Balaban J connectivity index is 4.02. The van der Waals surface area contributed by atoms with Gasteiger partial charge in [-0.2, -0.15) is 0 Å². The molecule has 0 aliphatic rings. The van der Waals surface area contributed by atoms with Crippen LogP contribution in [-0.4, -0.2) is 82.3 Å². The molecule has 0 aromatic heterocycles. The molecule has 9 heteroatoms. The Morgan fingerprint density at radius 2 is 0.535 bits per heavy atom. The number of carboxylic acids is 1. The number of aliphatic carboxylic acids is 1. The lowest BCUT2D eigenvalue weighted by Crippen LogP contribution is -2.44. The predicted octanol–water partition coefficient (Wildman–Crippen LogP) is 25.8. The highest BCUT2D eigenvalue weighted by molar-refractivity contribution is 5.70. The highest BCUT2D eigenvalue weighted by Gasteiger charge is 2.22. The van der Waals surface area contributed by atoms with Crippen molar-refractivity contribution < 1.29 is 42.9 Å². The number of hydrogen-bond donors (Lipinski definition) is 0. The van der Waals surface area contributed by atoms with E-state index in [9.17, 15) is 19.5 Å². The summed E-state index contributed by atoms with van der Waals surface area (Å²) in [5, 5.41) is 11.9. The van der Waals surface area contributed by atoms with Gasteiger partial charge in [-0.05, 0) is 122 Å². The molecular weight excluding hydrogens is 1250 g/mol. The Morgan fingerprint density at radius 3 is 0.792 bits per heavy atom. The molecule has 0 N–H and O–H groups in total. The monoisotopic (exact) mass is 1400 g/mol. The van der Waals surface area contributed by atoms with Crippen molar-refractivity contribution in [1.82, 2.24) is 0 Å². The molecule has 0 rings (SSSR count). The first-order chi connectivity index (χ1) is 49.6. The maximum atomic E-state index is 13.0. The van der Waals surface area contributed by atoms with Crippen molar-refractivity contribution >= 4 is 17.9 Å². The van der Waals surface area contributed by atoms with Crippen molar-refractivity contribution in [3.63, 3.8) is 0 Å². The first-order valence-electron chi connectivity index (χ1n) is 41.6. The molecule has 0 bridgehead atoms. The van der Waals surface area contributed by atoms with Crippen LogP contribution in [0.5, 0.6) is 0 Å². The second-order valence-electron chi connectivity index (χ2n) is 28.7. The van der Waals surface area contributed by atoms with Gasteiger partial charge in [0.1, 0.15) is 13.2 Å². The Morgan fingerprint density at radius 1 is 0.297 bits per heavy atom. The third-order valence-corrected chi connectivity index (χ3v) is 17.8. The molecule has 0 heterocycles. The molecule has 0 aliphatic carbocycles. The van der Waals surface area contributed by atoms with Crippen LogP contribution < -0.4 is 5.11 Å². The highest BCUT2D eigenvalue weighted by Crippen LogP contribution is 2.19. The van der Waals surface area contributed by atoms with Crippen LogP contribution in [0.2, 0.25) is 0 Å². The SMILES string of the molecule is CC/C=C\C/C=C\C/C=C\C/C=C\C/C=C\C/C=C\C/C=C\C/C=C\CCCCCCCCCCCCC(=O)OC(COC(=O)CCCCCCCCCCCCCCCCCCCCCCCCCCC/C=C\C/C=C\C/C=C\C/C=C\C/C=C\CC)COC(OCC[N+](C)(C)C)C(=O)[O-]. The Bertz CT molecular complexity index is 2230. The van der Waals surface area contributed by atoms with Crippen LogP contribution in [0.1, 0.15) is 348 Å². The van der Waals surface area contributed by atoms with E-state index in [1.165, 1.54) is 186 Å². The molecule has 0 saturated carbocycles. The highest BCUT2D eigenvalue weighted by atomic mass is 16.7. The van der Waals surface area contributed by atoms with Gasteiger partial charge in [0.15, 0.2) is 12.4 Å². The van der Waals surface area contributed by atoms with E-state index >= 15 is 0 Å². The average molecular weight is 1400 g/mol. The number of likely N-dealkylation sites (N-methyl/N-ethyl adjacent to an activating group) is 1. The van der Waals surface area contributed by atoms with Crippen molar-refractivity contribution in [3.8, 4) is 0 Å². The summed E-state index contributed by atoms with van der Waals surface area (Å²) in [5.74, 6) is -2.28. The van der Waals surface area contributed by atoms with E-state index in [0.29, 0.717) is 17.4 Å². The first kappa shape index (κ1) is 95.9. The number of nitrogens with zero attached hydrogens (tertiary/aromatic N) is 1. The molecule has 0 aliphatic heterocycles. The molecule has 2 unspecified atom stereocenters. The molecule has 2 atom stereocenters. The van der Waals surface area contributed by atoms with Gasteiger partial charge in [0.2, 0.25) is 0 Å². The number of carboxylic acid groups (broad SMARTS) is 1. The molecule has 0 saturated heterocycles. The summed E-state index contributed by atoms with van der Waals surface area (Å²) in [6.45, 7) is 4.54. The number of hydrogen-bond acceptors (Lipinski definition) is 8. The number of unbranched alkanes of at least 4 members (excludes halogenated alkanes) is 35. The van der Waals surface area contributed by atoms with E-state index in [2.05, 4.69) is 172 Å². The van der Waals surface area contributed by atoms with Gasteiger partial charge in [-0.1, -0.05) is 371 Å². The van der Waals surface area contributed by atoms with Crippen LogP contribution in [-0.2, 0) is 33.3 Å². The zero-order chi connectivity index (χ0) is 73.2. The van der Waals surface area contributed by atoms with Gasteiger partial charge in [-0.3, -0.25) is 9.59 Å². The minimum Gasteiger partial charge on any atom is -0.545 e. The molecule has 101 heavy (non-hydrogen) atoms. The van der Waals surface area contributed by atoms with Crippen LogP contribution in [0.25, 0.3) is 0 Å². The van der Waals surface area contributed by atoms with Crippen molar-refractivity contribution in [2.45, 2.75) is 360 Å². The molecule has 9 nitrogen and oxygen atoms in total. The van der Waals surface area contributed by atoms with Crippen molar-refractivity contribution in [3.05, 3.63) is 158 Å². The summed E-state index contributed by atoms with van der Waals surface area (Å²) < 4.78 is 22.9. The fraction of sp³-hybridized carbons (Fsp3) is 0.685. The number of rotatable bonds is 76. The minimum absolute atomic E-state index is 0.142. The van der Waals surface area contributed by atoms with Crippen molar-refractivity contribution in [1.29, 1.82) is 0 Å². The fourth-order valence-electron chi connectivity index (χ4n) is 11.5. The standard InChI is InChI=1S/C92H155NO8/c1-6-8-10-12-14-16-18-20-22-24-26-28-30-32-34-36-38-40-42-43-44-45-46-47-49-50-52-54-56-58-60-62-64-66-68-70-72-74-76-78-80-82-89(94)99-86-88(87-100-92(91(96)97)98-85-84-93(3,4)5)101-90(95)83-81-79-77-75-73-71-69-67-65-63-61-59-57-55-53-51-48-41-39-37-35-33-31-29-27-25-23-21-19-17-15-13-11-9-7-2/h8-11,14-17,20-23,26-29,32-35,39,41,51,53,57,59,88,92H,6-7,12-13,18-19,24-25,30-31,36-38,40,42-50,52,54-56,58,60-87H2,1-5H3/b10-8-,11-9-,16-14-,17-15-,22-20-,23-21-,28-26-,29-27-,34-32-,35-33-,41-39-,53-51-,59-57-. The van der Waals surface area contributed by atoms with Gasteiger partial charge < -0.3 is 33.3 Å². The lowest BCUT2D eigenvalue weighted by Gasteiger charge is -2.26. The molecular formula is C92H155NO8. The third-order valence-electron chi connectivity index (χ3n) is 17.8. The maximum absolute atomic E-state index is 13.0. The van der Waals surface area contributed by atoms with E-state index < -0.39 is 24.3 Å². The molecule has 576 valence electrons. The Labute approximate surface area is 623 Å². The number of carbonyl (C=O) groups is 3. The van der Waals surface area contributed by atoms with Gasteiger partial charge in [0, 0.05) is 12.8 Å². The van der Waals surface area contributed by atoms with E-state index in [4.69, 9.17) is 18.9 Å². The summed E-state index contributed by atoms with van der Waals surface area (Å²) in [5.41, 5.74) is 0. The normalized spacial score (nSPS) is 13.5. The number of quaternary nitrogens is 1. The smallest absolute Gasteiger partial charge is 0.306 e. The Hall–Kier alpha value is -5.09. The lowest BCUT2D eigenvalue weighted by atomic mass is 10.0. The van der Waals surface area contributed by atoms with Crippen LogP contribution in [0.15, 0.2) is 158 Å². The zero-order valence-corrected chi connectivity index (χ0v) is 66.0. The van der Waals surface area contributed by atoms with Crippen LogP contribution in [0, 0.1) is 0 Å². The van der Waals surface area contributed by atoms with Gasteiger partial charge in [0.05, 0.1) is 40.3 Å². The molecule has 0 aromatic rings. The molecule has 0 radical (unpaired) electrons. The van der Waals surface area contributed by atoms with Gasteiger partial charge in [-0.25, -0.2) is 0 Å². The summed E-state index contributed by atoms with van der Waals surface area (Å²) in [6, 6.07) is 0. The number of ether oxygens (including phenoxy) is 4. The zero-order valence-electron chi connectivity index (χ0n) is 66.0. The van der Waals surface area contributed by atoms with Crippen molar-refractivity contribution in [2.24, 2.45) is 0 Å². The fourth-order valence-corrected chi connectivity index (χ4v) is 11.5. The second kappa shape index (κ2) is 80.6. The van der Waals surface area contributed by atoms with Gasteiger partial charge in [0.25, 0.3) is 0 Å². The van der Waals surface area contributed by atoms with E-state index in [1.807, 2.05) is 21.1 Å². The van der Waals surface area contributed by atoms with Crippen LogP contribution in [0.4, 0.5) is 0 Å². The number of esters is 2. The summed E-state index contributed by atoms with van der Waals surface area (Å²) in [7, 11) is 5.94. The maximum Gasteiger partial charge on any atom is 0.306 e. The molecule has 0 fully saturated rings. The predicted molar refractivity (Wildman–Crippen MR) is 435 cm³/mol. The van der Waals surface area contributed by atoms with Gasteiger partial charge in [-0.15, -0.1) is 0 Å². The van der Waals surface area contributed by atoms with E-state index in [1.54, 1.807) is 0 Å². The second-order valence-corrected chi connectivity index (χ2v) is 28.7. The third kappa shape index (κ3) is 82.1. The van der Waals surface area contributed by atoms with Crippen LogP contribution in [0.3, 0.4) is 0 Å². The van der Waals surface area contributed by atoms with Crippen molar-refractivity contribution in [2.75, 3.05) is 47.5 Å². The summed E-state index contributed by atoms with van der Waals surface area (Å²) in [6.07, 6.45) is 117. The molecule has 0 aromatic carbocycles. The summed E-state index contributed by atoms with van der Waals surface area (Å²) >= 11 is 0. The quantitative estimate of drug-likeness (QED) is 0.0195. The largest absolute Gasteiger partial charge is 0.545 e. The van der Waals surface area contributed by atoms with E-state index in [-0.39, 0.29) is 38.6 Å². The Kier molecular flexibility index (Phi) is 76.5. The topological polar surface area (TPSA) is 111 Å². The van der Waals surface area contributed by atoms with Crippen LogP contribution >= 0.6 is 0 Å². The van der Waals surface area contributed by atoms with E-state index in [0.717, 1.165) is 128 Å². The first-order valence-corrected chi connectivity index (χ1v) is 41.6. The minimum atomic E-state index is -1.63. The molecule has 0 spiro atoms. The summed E-state index contributed by atoms with van der Waals surface area (Å²) in [4.78, 5) is 37.6. The number of allylic oxidation sites excluding steroid dienone is 26. The lowest BCUT2D eigenvalue weighted by molar-refractivity contribution is -0.870.